The standard InChI is InChI=1S/C38H35Cl2N3O9/c1-51-21-8-5-19(6-9-21)38-27(35(48)43(37(38)50)41-29-14-7-20(39)16-28(29)40)18-26-23(33(38)24-11-10-22(52-2)17-30(24)44)12-13-25-32(26)36(49)42(34(25)47)15-3-4-31(45)46/h5-12,14,16-17,25-27,32-33,41,44H,3-4,13,15,18H2,1-2H3,(H,45,46). The Morgan fingerprint density at radius 1 is 0.923 bits per heavy atom. The molecule has 0 spiro atoms. The number of carboxylic acids is 1. The first kappa shape index (κ1) is 35.3. The van der Waals surface area contributed by atoms with Gasteiger partial charge in [0.1, 0.15) is 17.2 Å². The number of benzene rings is 3. The fourth-order valence-electron chi connectivity index (χ4n) is 8.76. The summed E-state index contributed by atoms with van der Waals surface area (Å²) in [6.45, 7) is -0.0438. The molecule has 6 unspecified atom stereocenters. The number of phenols is 1. The van der Waals surface area contributed by atoms with Crippen LogP contribution in [0.3, 0.4) is 0 Å². The van der Waals surface area contributed by atoms with Crippen molar-refractivity contribution in [2.75, 3.05) is 26.2 Å². The van der Waals surface area contributed by atoms with Gasteiger partial charge in [-0.1, -0.05) is 53.1 Å². The number of phenolic OH excluding ortho intramolecular Hbond substituents is 1. The number of carbonyl (C=O) groups excluding carboxylic acids is 4. The van der Waals surface area contributed by atoms with Crippen molar-refractivity contribution in [1.82, 2.24) is 9.91 Å². The fourth-order valence-corrected chi connectivity index (χ4v) is 9.21. The quantitative estimate of drug-likeness (QED) is 0.177. The van der Waals surface area contributed by atoms with Crippen molar-refractivity contribution < 1.29 is 43.7 Å². The molecule has 2 aliphatic heterocycles. The van der Waals surface area contributed by atoms with Crippen molar-refractivity contribution in [3.63, 3.8) is 0 Å². The number of aromatic hydroxyl groups is 1. The lowest BCUT2D eigenvalue weighted by Crippen LogP contribution is -2.53. The Morgan fingerprint density at radius 2 is 1.63 bits per heavy atom. The molecular formula is C38H35Cl2N3O9. The minimum Gasteiger partial charge on any atom is -0.508 e. The number of nitrogens with zero attached hydrogens (tertiary/aromatic N) is 2. The van der Waals surface area contributed by atoms with E-state index >= 15 is 4.79 Å². The molecular weight excluding hydrogens is 713 g/mol. The average Bonchev–Trinajstić information content (AvgIpc) is 3.49. The number of hydrazine groups is 1. The van der Waals surface area contributed by atoms with Crippen LogP contribution in [-0.4, -0.2) is 70.5 Å². The summed E-state index contributed by atoms with van der Waals surface area (Å²) in [5, 5.41) is 22.3. The molecule has 12 nitrogen and oxygen atoms in total. The van der Waals surface area contributed by atoms with Crippen molar-refractivity contribution in [1.29, 1.82) is 0 Å². The number of anilines is 1. The fraction of sp³-hybridized carbons (Fsp3) is 0.342. The lowest BCUT2D eigenvalue weighted by molar-refractivity contribution is -0.142. The maximum absolute atomic E-state index is 15.3. The summed E-state index contributed by atoms with van der Waals surface area (Å²) in [6.07, 6.45) is 1.98. The number of amides is 4. The molecule has 14 heteroatoms. The molecule has 2 aliphatic carbocycles. The van der Waals surface area contributed by atoms with E-state index in [1.807, 2.05) is 6.08 Å². The molecule has 1 saturated carbocycles. The van der Waals surface area contributed by atoms with Crippen LogP contribution in [0.5, 0.6) is 17.2 Å². The van der Waals surface area contributed by atoms with Gasteiger partial charge in [0.2, 0.25) is 11.8 Å². The summed E-state index contributed by atoms with van der Waals surface area (Å²) in [6, 6.07) is 16.2. The highest BCUT2D eigenvalue weighted by atomic mass is 35.5. The van der Waals surface area contributed by atoms with Crippen molar-refractivity contribution in [3.05, 3.63) is 93.5 Å². The number of rotatable bonds is 10. The number of hydrogen-bond donors (Lipinski definition) is 3. The average molecular weight is 749 g/mol. The monoisotopic (exact) mass is 747 g/mol. The highest BCUT2D eigenvalue weighted by Gasteiger charge is 2.70. The van der Waals surface area contributed by atoms with E-state index in [1.165, 1.54) is 26.4 Å². The zero-order valence-corrected chi connectivity index (χ0v) is 29.7. The summed E-state index contributed by atoms with van der Waals surface area (Å²) < 4.78 is 10.8. The Balaban J connectivity index is 1.42. The first-order valence-electron chi connectivity index (χ1n) is 16.8. The van der Waals surface area contributed by atoms with E-state index in [-0.39, 0.29) is 54.6 Å². The molecule has 3 N–H and O–H groups in total. The van der Waals surface area contributed by atoms with Gasteiger partial charge in [-0.3, -0.25) is 34.3 Å². The number of imide groups is 2. The molecule has 4 aliphatic rings. The zero-order valence-electron chi connectivity index (χ0n) is 28.2. The summed E-state index contributed by atoms with van der Waals surface area (Å²) in [4.78, 5) is 70.3. The van der Waals surface area contributed by atoms with Gasteiger partial charge in [0, 0.05) is 35.5 Å². The van der Waals surface area contributed by atoms with Gasteiger partial charge in [-0.25, -0.2) is 0 Å². The first-order chi connectivity index (χ1) is 24.9. The van der Waals surface area contributed by atoms with Crippen LogP contribution in [0.4, 0.5) is 5.69 Å². The number of hydrogen-bond acceptors (Lipinski definition) is 9. The van der Waals surface area contributed by atoms with Crippen molar-refractivity contribution in [3.8, 4) is 17.2 Å². The zero-order chi connectivity index (χ0) is 37.1. The molecule has 0 aromatic heterocycles. The Kier molecular flexibility index (Phi) is 9.16. The molecule has 3 aromatic carbocycles. The minimum absolute atomic E-state index is 0.0333. The van der Waals surface area contributed by atoms with E-state index in [0.717, 1.165) is 9.91 Å². The van der Waals surface area contributed by atoms with E-state index in [2.05, 4.69) is 5.43 Å². The van der Waals surface area contributed by atoms with Crippen molar-refractivity contribution in [2.45, 2.75) is 37.0 Å². The van der Waals surface area contributed by atoms with Gasteiger partial charge in [-0.15, -0.1) is 0 Å². The number of carbonyl (C=O) groups is 5. The van der Waals surface area contributed by atoms with Crippen molar-refractivity contribution in [2.24, 2.45) is 23.7 Å². The number of likely N-dealkylation sites (tertiary alicyclic amines) is 1. The smallest absolute Gasteiger partial charge is 0.303 e. The summed E-state index contributed by atoms with van der Waals surface area (Å²) in [5.74, 6) is -6.66. The Hall–Kier alpha value is -5.07. The van der Waals surface area contributed by atoms with Crippen LogP contribution >= 0.6 is 23.2 Å². The number of fused-ring (bicyclic) bond motifs is 4. The maximum atomic E-state index is 15.3. The van der Waals surface area contributed by atoms with Gasteiger partial charge >= 0.3 is 5.97 Å². The Bertz CT molecular complexity index is 2040. The molecule has 2 saturated heterocycles. The SMILES string of the molecule is COc1ccc(C23C(=O)N(Nc4ccc(Cl)cc4Cl)C(=O)C2CC2C(=CCC4C(=O)N(CCCC(=O)O)C(=O)C42)C3c2ccc(OC)cc2O)cc1. The molecule has 6 atom stereocenters. The van der Waals surface area contributed by atoms with E-state index in [9.17, 15) is 29.4 Å². The van der Waals surface area contributed by atoms with Crippen LogP contribution in [0.2, 0.25) is 10.0 Å². The number of allylic oxidation sites excluding steroid dienone is 2. The second-order valence-electron chi connectivity index (χ2n) is 13.5. The van der Waals surface area contributed by atoms with E-state index in [4.69, 9.17) is 32.7 Å². The first-order valence-corrected chi connectivity index (χ1v) is 17.6. The van der Waals surface area contributed by atoms with Gasteiger partial charge in [-0.2, -0.15) is 5.01 Å². The second-order valence-corrected chi connectivity index (χ2v) is 14.3. The van der Waals surface area contributed by atoms with Crippen LogP contribution in [0, 0.1) is 23.7 Å². The van der Waals surface area contributed by atoms with Crippen LogP contribution < -0.4 is 14.9 Å². The number of nitrogens with one attached hydrogen (secondary N) is 1. The van der Waals surface area contributed by atoms with Crippen LogP contribution in [-0.2, 0) is 29.4 Å². The van der Waals surface area contributed by atoms with Gasteiger partial charge in [0.25, 0.3) is 11.8 Å². The largest absolute Gasteiger partial charge is 0.508 e. The van der Waals surface area contributed by atoms with Crippen LogP contribution in [0.15, 0.2) is 72.3 Å². The van der Waals surface area contributed by atoms with E-state index in [0.29, 0.717) is 33.2 Å². The lowest BCUT2D eigenvalue weighted by atomic mass is 9.49. The highest BCUT2D eigenvalue weighted by molar-refractivity contribution is 6.36. The number of halogens is 2. The molecule has 3 aromatic rings. The van der Waals surface area contributed by atoms with Crippen LogP contribution in [0.25, 0.3) is 0 Å². The molecule has 4 amide bonds. The number of ether oxygens (including phenoxy) is 2. The Morgan fingerprint density at radius 3 is 2.29 bits per heavy atom. The number of carboxylic acid groups (broad SMARTS) is 1. The van der Waals surface area contributed by atoms with Gasteiger partial charge in [0.15, 0.2) is 0 Å². The summed E-state index contributed by atoms with van der Waals surface area (Å²) >= 11 is 12.6. The normalized spacial score (nSPS) is 26.5. The minimum atomic E-state index is -1.65. The highest BCUT2D eigenvalue weighted by Crippen LogP contribution is 2.65. The summed E-state index contributed by atoms with van der Waals surface area (Å²) in [7, 11) is 2.97. The molecule has 270 valence electrons. The lowest BCUT2D eigenvalue weighted by Gasteiger charge is -2.50. The van der Waals surface area contributed by atoms with Crippen LogP contribution in [0.1, 0.15) is 42.7 Å². The maximum Gasteiger partial charge on any atom is 0.303 e. The van der Waals surface area contributed by atoms with Crippen molar-refractivity contribution >= 4 is 58.5 Å². The van der Waals surface area contributed by atoms with Gasteiger partial charge < -0.3 is 19.7 Å². The third-order valence-electron chi connectivity index (χ3n) is 11.0. The number of methoxy groups -OCH3 is 2. The molecule has 7 rings (SSSR count). The predicted octanol–water partition coefficient (Wildman–Crippen LogP) is 5.57. The number of aliphatic carboxylic acids is 1. The molecule has 0 bridgehead atoms. The third kappa shape index (κ3) is 5.47. The Labute approximate surface area is 308 Å². The molecule has 52 heavy (non-hydrogen) atoms. The molecule has 3 fully saturated rings. The predicted molar refractivity (Wildman–Crippen MR) is 189 cm³/mol. The third-order valence-corrected chi connectivity index (χ3v) is 11.5. The second kappa shape index (κ2) is 13.5. The molecule has 2 heterocycles. The van der Waals surface area contributed by atoms with Gasteiger partial charge in [-0.05, 0) is 67.1 Å². The topological polar surface area (TPSA) is 163 Å². The summed E-state index contributed by atoms with van der Waals surface area (Å²) in [5.41, 5.74) is 3.00. The van der Waals surface area contributed by atoms with E-state index in [1.54, 1.807) is 48.5 Å². The van der Waals surface area contributed by atoms with E-state index < -0.39 is 58.7 Å². The molecule has 0 radical (unpaired) electrons. The van der Waals surface area contributed by atoms with Gasteiger partial charge in [0.05, 0.1) is 48.1 Å².